The maximum absolute atomic E-state index is 14.2. The van der Waals surface area contributed by atoms with Gasteiger partial charge >= 0.3 is 5.97 Å². The van der Waals surface area contributed by atoms with Crippen molar-refractivity contribution in [3.8, 4) is 0 Å². The van der Waals surface area contributed by atoms with E-state index in [-0.39, 0.29) is 18.0 Å². The average molecular weight is 599 g/mol. The molecule has 7 nitrogen and oxygen atoms in total. The summed E-state index contributed by atoms with van der Waals surface area (Å²) in [6.07, 6.45) is 0.818. The molecule has 0 fully saturated rings. The van der Waals surface area contributed by atoms with Crippen LogP contribution in [0.3, 0.4) is 0 Å². The number of sulfonamides is 1. The molecule has 43 heavy (non-hydrogen) atoms. The lowest BCUT2D eigenvalue weighted by molar-refractivity contribution is -0.145. The second-order valence-corrected chi connectivity index (χ2v) is 12.6. The molecule has 8 heteroatoms. The van der Waals surface area contributed by atoms with E-state index in [4.69, 9.17) is 4.74 Å². The van der Waals surface area contributed by atoms with Gasteiger partial charge in [0.2, 0.25) is 15.9 Å². The lowest BCUT2D eigenvalue weighted by atomic mass is 9.96. The molecule has 2 N–H and O–H groups in total. The highest BCUT2D eigenvalue weighted by molar-refractivity contribution is 7.89. The molecule has 4 aromatic rings. The van der Waals surface area contributed by atoms with E-state index in [0.29, 0.717) is 24.0 Å². The second kappa shape index (κ2) is 14.8. The first-order chi connectivity index (χ1) is 20.6. The van der Waals surface area contributed by atoms with Crippen LogP contribution in [0.15, 0.2) is 108 Å². The number of nitrogens with one attached hydrogen (secondary N) is 2. The second-order valence-electron chi connectivity index (χ2n) is 10.9. The molecule has 0 aromatic heterocycles. The van der Waals surface area contributed by atoms with Crippen molar-refractivity contribution >= 4 is 21.9 Å². The number of benzene rings is 4. The van der Waals surface area contributed by atoms with Gasteiger partial charge < -0.3 is 10.1 Å². The van der Waals surface area contributed by atoms with Gasteiger partial charge in [-0.05, 0) is 53.5 Å². The predicted octanol–water partition coefficient (Wildman–Crippen LogP) is 5.34. The van der Waals surface area contributed by atoms with Crippen molar-refractivity contribution in [1.29, 1.82) is 0 Å². The van der Waals surface area contributed by atoms with E-state index in [0.717, 1.165) is 22.3 Å². The van der Waals surface area contributed by atoms with Gasteiger partial charge in [-0.2, -0.15) is 4.72 Å². The summed E-state index contributed by atoms with van der Waals surface area (Å²) in [5, 5.41) is 2.55. The Morgan fingerprint density at radius 1 is 0.744 bits per heavy atom. The van der Waals surface area contributed by atoms with E-state index in [1.807, 2.05) is 110 Å². The summed E-state index contributed by atoms with van der Waals surface area (Å²) in [5.41, 5.74) is 5.02. The van der Waals surface area contributed by atoms with Crippen LogP contribution in [0.4, 0.5) is 0 Å². The maximum atomic E-state index is 14.2. The minimum absolute atomic E-state index is 0.0809. The van der Waals surface area contributed by atoms with Gasteiger partial charge in [0.05, 0.1) is 4.90 Å². The zero-order valence-electron chi connectivity index (χ0n) is 24.7. The number of hydrogen-bond acceptors (Lipinski definition) is 5. The number of carbonyl (C=O) groups excluding carboxylic acids is 2. The van der Waals surface area contributed by atoms with E-state index in [1.54, 1.807) is 13.8 Å². The molecule has 0 heterocycles. The number of hydrogen-bond donors (Lipinski definition) is 2. The van der Waals surface area contributed by atoms with Crippen molar-refractivity contribution < 1.29 is 22.7 Å². The molecule has 0 saturated heterocycles. The van der Waals surface area contributed by atoms with Crippen molar-refractivity contribution in [3.63, 3.8) is 0 Å². The van der Waals surface area contributed by atoms with Crippen LogP contribution in [0.5, 0.6) is 0 Å². The summed E-state index contributed by atoms with van der Waals surface area (Å²) in [7, 11) is -4.18. The van der Waals surface area contributed by atoms with E-state index < -0.39 is 33.9 Å². The van der Waals surface area contributed by atoms with Gasteiger partial charge in [-0.15, -0.1) is 0 Å². The number of amides is 1. The molecular formula is C35H38N2O5S. The van der Waals surface area contributed by atoms with Crippen LogP contribution < -0.4 is 10.0 Å². The van der Waals surface area contributed by atoms with E-state index in [9.17, 15) is 18.0 Å². The fourth-order valence-electron chi connectivity index (χ4n) is 4.94. The molecule has 4 aromatic carbocycles. The summed E-state index contributed by atoms with van der Waals surface area (Å²) in [5.74, 6) is -1.61. The number of ether oxygens (including phenoxy) is 1. The van der Waals surface area contributed by atoms with Crippen LogP contribution >= 0.6 is 0 Å². The topological polar surface area (TPSA) is 102 Å². The molecule has 1 atom stereocenters. The molecule has 0 radical (unpaired) electrons. The highest BCUT2D eigenvalue weighted by atomic mass is 32.2. The first-order valence-electron chi connectivity index (χ1n) is 14.3. The Morgan fingerprint density at radius 2 is 1.21 bits per heavy atom. The van der Waals surface area contributed by atoms with Gasteiger partial charge in [0, 0.05) is 0 Å². The third kappa shape index (κ3) is 9.11. The van der Waals surface area contributed by atoms with Gasteiger partial charge in [0.25, 0.3) is 0 Å². The molecule has 4 rings (SSSR count). The van der Waals surface area contributed by atoms with Crippen LogP contribution in [0.1, 0.15) is 47.2 Å². The summed E-state index contributed by atoms with van der Waals surface area (Å²) >= 11 is 0. The van der Waals surface area contributed by atoms with Crippen molar-refractivity contribution in [2.75, 3.05) is 6.54 Å². The Morgan fingerprint density at radius 3 is 1.67 bits per heavy atom. The third-order valence-corrected chi connectivity index (χ3v) is 8.64. The lowest BCUT2D eigenvalue weighted by Crippen LogP contribution is -2.50. The largest absolute Gasteiger partial charge is 0.460 e. The van der Waals surface area contributed by atoms with Gasteiger partial charge in [0.1, 0.15) is 19.2 Å². The number of carbonyl (C=O) groups is 2. The van der Waals surface area contributed by atoms with Gasteiger partial charge in [-0.25, -0.2) is 8.42 Å². The highest BCUT2D eigenvalue weighted by Gasteiger charge is 2.32. The minimum Gasteiger partial charge on any atom is -0.460 e. The van der Waals surface area contributed by atoms with Crippen LogP contribution in [0.2, 0.25) is 0 Å². The van der Waals surface area contributed by atoms with Crippen molar-refractivity contribution in [3.05, 3.63) is 137 Å². The van der Waals surface area contributed by atoms with Gasteiger partial charge in [-0.1, -0.05) is 123 Å². The van der Waals surface area contributed by atoms with E-state index in [1.165, 1.54) is 0 Å². The smallest absolute Gasteiger partial charge is 0.325 e. The highest BCUT2D eigenvalue weighted by Crippen LogP contribution is 2.28. The fraction of sp³-hybridized carbons (Fsp3) is 0.257. The molecular weight excluding hydrogens is 560 g/mol. The fourth-order valence-corrected chi connectivity index (χ4v) is 6.73. The molecule has 0 bridgehead atoms. The van der Waals surface area contributed by atoms with Crippen LogP contribution in [-0.2, 0) is 43.8 Å². The van der Waals surface area contributed by atoms with Crippen LogP contribution in [-0.4, -0.2) is 32.9 Å². The minimum atomic E-state index is -4.18. The quantitative estimate of drug-likeness (QED) is 0.202. The van der Waals surface area contributed by atoms with E-state index in [2.05, 4.69) is 10.0 Å². The monoisotopic (exact) mass is 598 g/mol. The Bertz CT molecular complexity index is 1560. The number of esters is 1. The standard InChI is InChI=1S/C35H38N2O5S/c1-25(2)33(35(39)36-23-32(38)42-24-29-17-11-6-12-18-29)37-43(40,41)34-30(21-27-13-7-4-8-14-27)19-26(3)20-31(34)22-28-15-9-5-10-16-28/h4-20,25,33,37H,21-24H2,1-3H3,(H,36,39)/t33-/m0/s1. The predicted molar refractivity (Wildman–Crippen MR) is 168 cm³/mol. The van der Waals surface area contributed by atoms with Crippen molar-refractivity contribution in [2.24, 2.45) is 5.92 Å². The summed E-state index contributed by atoms with van der Waals surface area (Å²) in [4.78, 5) is 25.7. The molecule has 0 aliphatic carbocycles. The zero-order chi connectivity index (χ0) is 30.8. The molecule has 0 aliphatic rings. The van der Waals surface area contributed by atoms with Crippen LogP contribution in [0.25, 0.3) is 0 Å². The Labute approximate surface area is 254 Å². The molecule has 0 spiro atoms. The molecule has 224 valence electrons. The summed E-state index contributed by atoms with van der Waals surface area (Å²) in [6.45, 7) is 5.17. The number of aryl methyl sites for hydroxylation is 1. The van der Waals surface area contributed by atoms with Gasteiger partial charge in [0.15, 0.2) is 0 Å². The molecule has 1 amide bonds. The van der Waals surface area contributed by atoms with Crippen molar-refractivity contribution in [2.45, 2.75) is 51.2 Å². The first kappa shape index (κ1) is 31.7. The first-order valence-corrected chi connectivity index (χ1v) is 15.8. The van der Waals surface area contributed by atoms with Crippen LogP contribution in [0, 0.1) is 12.8 Å². The average Bonchev–Trinajstić information content (AvgIpc) is 2.98. The Kier molecular flexibility index (Phi) is 10.9. The summed E-state index contributed by atoms with van der Waals surface area (Å²) < 4.78 is 36.3. The lowest BCUT2D eigenvalue weighted by Gasteiger charge is -2.24. The molecule has 0 unspecified atom stereocenters. The zero-order valence-corrected chi connectivity index (χ0v) is 25.6. The normalized spacial score (nSPS) is 12.1. The molecule has 0 saturated carbocycles. The van der Waals surface area contributed by atoms with Gasteiger partial charge in [-0.3, -0.25) is 9.59 Å². The SMILES string of the molecule is Cc1cc(Cc2ccccc2)c(S(=O)(=O)N[C@H](C(=O)NCC(=O)OCc2ccccc2)C(C)C)c(Cc2ccccc2)c1. The Balaban J connectivity index is 1.58. The third-order valence-electron chi connectivity index (χ3n) is 7.01. The molecule has 0 aliphatic heterocycles. The van der Waals surface area contributed by atoms with Crippen molar-refractivity contribution in [1.82, 2.24) is 10.0 Å². The maximum Gasteiger partial charge on any atom is 0.325 e. The van der Waals surface area contributed by atoms with E-state index >= 15 is 0 Å². The Hall–Kier alpha value is -4.27. The number of rotatable bonds is 13. The summed E-state index contributed by atoms with van der Waals surface area (Å²) in [6, 6.07) is 31.3.